The lowest BCUT2D eigenvalue weighted by molar-refractivity contribution is -0.128. The zero-order chi connectivity index (χ0) is 19.3. The Morgan fingerprint density at radius 1 is 1.04 bits per heavy atom. The van der Waals surface area contributed by atoms with E-state index < -0.39 is 0 Å². The number of nitrogens with zero attached hydrogens (tertiary/aromatic N) is 3. The number of carbonyl (C=O) groups excluding carboxylic acids is 2. The summed E-state index contributed by atoms with van der Waals surface area (Å²) in [5.74, 6) is -0.246. The maximum atomic E-state index is 12.6. The zero-order valence-corrected chi connectivity index (χ0v) is 16.4. The first-order chi connectivity index (χ1) is 13.7. The highest BCUT2D eigenvalue weighted by Gasteiger charge is 2.34. The number of nitrogens with one attached hydrogen (secondary N) is 1. The highest BCUT2D eigenvalue weighted by molar-refractivity contribution is 5.97. The Kier molecular flexibility index (Phi) is 6.12. The van der Waals surface area contributed by atoms with Crippen LogP contribution in [0.5, 0.6) is 0 Å². The molecular formula is C21H30N4O3. The average molecular weight is 386 g/mol. The zero-order valence-electron chi connectivity index (χ0n) is 16.4. The number of morpholine rings is 1. The number of ether oxygens (including phenoxy) is 1. The molecule has 0 saturated carbocycles. The van der Waals surface area contributed by atoms with Crippen molar-refractivity contribution in [2.75, 3.05) is 69.2 Å². The van der Waals surface area contributed by atoms with Crippen LogP contribution in [0.15, 0.2) is 24.3 Å². The summed E-state index contributed by atoms with van der Waals surface area (Å²) in [7, 11) is 0. The molecule has 3 saturated heterocycles. The average Bonchev–Trinajstić information content (AvgIpc) is 3.38. The summed E-state index contributed by atoms with van der Waals surface area (Å²) in [4.78, 5) is 31.4. The second-order valence-corrected chi connectivity index (χ2v) is 7.93. The van der Waals surface area contributed by atoms with Crippen molar-refractivity contribution in [1.82, 2.24) is 9.80 Å². The summed E-state index contributed by atoms with van der Waals surface area (Å²) >= 11 is 0. The normalized spacial score (nSPS) is 23.4. The van der Waals surface area contributed by atoms with E-state index >= 15 is 0 Å². The van der Waals surface area contributed by atoms with Crippen molar-refractivity contribution in [3.63, 3.8) is 0 Å². The Balaban J connectivity index is 1.25. The number of anilines is 2. The first-order valence-electron chi connectivity index (χ1n) is 10.4. The molecule has 152 valence electrons. The highest BCUT2D eigenvalue weighted by atomic mass is 16.5. The van der Waals surface area contributed by atoms with Gasteiger partial charge in [0.2, 0.25) is 11.8 Å². The predicted octanol–water partition coefficient (Wildman–Crippen LogP) is 1.41. The Hall–Kier alpha value is -2.12. The third-order valence-electron chi connectivity index (χ3n) is 5.98. The van der Waals surface area contributed by atoms with Gasteiger partial charge in [-0.3, -0.25) is 14.5 Å². The molecule has 1 unspecified atom stereocenters. The molecule has 2 amide bonds. The summed E-state index contributed by atoms with van der Waals surface area (Å²) in [6.45, 7) is 7.62. The number of hydrogen-bond acceptors (Lipinski definition) is 5. The van der Waals surface area contributed by atoms with Gasteiger partial charge in [0, 0.05) is 63.6 Å². The van der Waals surface area contributed by atoms with E-state index in [1.165, 1.54) is 18.5 Å². The molecule has 0 aliphatic carbocycles. The van der Waals surface area contributed by atoms with Gasteiger partial charge in [0.1, 0.15) is 0 Å². The molecule has 1 aromatic rings. The van der Waals surface area contributed by atoms with Crippen LogP contribution in [-0.2, 0) is 14.3 Å². The summed E-state index contributed by atoms with van der Waals surface area (Å²) in [5.41, 5.74) is 2.01. The number of amides is 2. The lowest BCUT2D eigenvalue weighted by atomic mass is 10.1. The predicted molar refractivity (Wildman–Crippen MR) is 108 cm³/mol. The van der Waals surface area contributed by atoms with Gasteiger partial charge < -0.3 is 19.9 Å². The van der Waals surface area contributed by atoms with E-state index in [2.05, 4.69) is 27.2 Å². The quantitative estimate of drug-likeness (QED) is 0.801. The molecule has 1 atom stereocenters. The van der Waals surface area contributed by atoms with Crippen LogP contribution in [0.1, 0.15) is 19.3 Å². The molecule has 7 heteroatoms. The largest absolute Gasteiger partial charge is 0.379 e. The Morgan fingerprint density at radius 2 is 1.75 bits per heavy atom. The fraction of sp³-hybridized carbons (Fsp3) is 0.619. The highest BCUT2D eigenvalue weighted by Crippen LogP contribution is 2.24. The van der Waals surface area contributed by atoms with Crippen molar-refractivity contribution in [3.8, 4) is 0 Å². The smallest absolute Gasteiger partial charge is 0.229 e. The molecule has 7 nitrogen and oxygen atoms in total. The molecule has 0 aromatic heterocycles. The van der Waals surface area contributed by atoms with Crippen molar-refractivity contribution in [3.05, 3.63) is 24.3 Å². The maximum absolute atomic E-state index is 12.6. The molecule has 3 aliphatic heterocycles. The van der Waals surface area contributed by atoms with Crippen LogP contribution in [0.4, 0.5) is 11.4 Å². The van der Waals surface area contributed by atoms with Crippen LogP contribution in [-0.4, -0.2) is 80.6 Å². The summed E-state index contributed by atoms with van der Waals surface area (Å²) in [6.07, 6.45) is 2.80. The van der Waals surface area contributed by atoms with Gasteiger partial charge in [-0.05, 0) is 37.1 Å². The first kappa shape index (κ1) is 19.2. The van der Waals surface area contributed by atoms with Gasteiger partial charge in [-0.25, -0.2) is 0 Å². The van der Waals surface area contributed by atoms with E-state index in [9.17, 15) is 9.59 Å². The van der Waals surface area contributed by atoms with E-state index in [4.69, 9.17) is 4.74 Å². The van der Waals surface area contributed by atoms with Crippen molar-refractivity contribution in [2.45, 2.75) is 19.3 Å². The van der Waals surface area contributed by atoms with Crippen LogP contribution in [0, 0.1) is 5.92 Å². The molecular weight excluding hydrogens is 356 g/mol. The molecule has 0 bridgehead atoms. The standard InChI is InChI=1S/C21H30N4O3/c26-20-15-17(16-25(20)10-9-23-11-13-28-14-12-23)21(27)22-18-3-5-19(6-4-18)24-7-1-2-8-24/h3-6,17H,1-2,7-16H2,(H,22,27). The maximum Gasteiger partial charge on any atom is 0.229 e. The van der Waals surface area contributed by atoms with E-state index in [0.29, 0.717) is 19.5 Å². The minimum atomic E-state index is -0.268. The summed E-state index contributed by atoms with van der Waals surface area (Å²) < 4.78 is 5.36. The second kappa shape index (κ2) is 8.92. The Morgan fingerprint density at radius 3 is 2.46 bits per heavy atom. The number of benzene rings is 1. The van der Waals surface area contributed by atoms with Crippen molar-refractivity contribution >= 4 is 23.2 Å². The summed E-state index contributed by atoms with van der Waals surface area (Å²) in [5, 5.41) is 2.98. The molecule has 0 radical (unpaired) electrons. The SMILES string of the molecule is O=C(Nc1ccc(N2CCCC2)cc1)C1CC(=O)N(CCN2CCOCC2)C1. The molecule has 3 fully saturated rings. The lowest BCUT2D eigenvalue weighted by Crippen LogP contribution is -2.42. The van der Waals surface area contributed by atoms with E-state index in [0.717, 1.165) is 51.6 Å². The minimum Gasteiger partial charge on any atom is -0.379 e. The van der Waals surface area contributed by atoms with Crippen LogP contribution in [0.2, 0.25) is 0 Å². The Bertz CT molecular complexity index is 681. The Labute approximate surface area is 166 Å². The molecule has 0 spiro atoms. The van der Waals surface area contributed by atoms with Gasteiger partial charge in [-0.1, -0.05) is 0 Å². The van der Waals surface area contributed by atoms with Gasteiger partial charge in [0.05, 0.1) is 19.1 Å². The molecule has 1 aromatic carbocycles. The molecule has 1 N–H and O–H groups in total. The molecule has 28 heavy (non-hydrogen) atoms. The molecule has 3 aliphatic rings. The van der Waals surface area contributed by atoms with Crippen LogP contribution in [0.3, 0.4) is 0 Å². The fourth-order valence-electron chi connectivity index (χ4n) is 4.23. The first-order valence-corrected chi connectivity index (χ1v) is 10.4. The number of rotatable bonds is 6. The lowest BCUT2D eigenvalue weighted by Gasteiger charge is -2.28. The third-order valence-corrected chi connectivity index (χ3v) is 5.98. The van der Waals surface area contributed by atoms with Crippen LogP contribution in [0.25, 0.3) is 0 Å². The monoisotopic (exact) mass is 386 g/mol. The van der Waals surface area contributed by atoms with Crippen molar-refractivity contribution in [1.29, 1.82) is 0 Å². The van der Waals surface area contributed by atoms with E-state index in [1.54, 1.807) is 0 Å². The second-order valence-electron chi connectivity index (χ2n) is 7.93. The van der Waals surface area contributed by atoms with Gasteiger partial charge in [0.15, 0.2) is 0 Å². The van der Waals surface area contributed by atoms with Crippen molar-refractivity contribution < 1.29 is 14.3 Å². The van der Waals surface area contributed by atoms with Gasteiger partial charge in [-0.2, -0.15) is 0 Å². The number of likely N-dealkylation sites (tertiary alicyclic amines) is 1. The topological polar surface area (TPSA) is 65.1 Å². The van der Waals surface area contributed by atoms with E-state index in [-0.39, 0.29) is 17.7 Å². The van der Waals surface area contributed by atoms with Gasteiger partial charge >= 0.3 is 0 Å². The molecule has 3 heterocycles. The van der Waals surface area contributed by atoms with Crippen LogP contribution < -0.4 is 10.2 Å². The van der Waals surface area contributed by atoms with Gasteiger partial charge in [-0.15, -0.1) is 0 Å². The minimum absolute atomic E-state index is 0.0591. The third kappa shape index (κ3) is 4.64. The number of carbonyl (C=O) groups is 2. The number of hydrogen-bond donors (Lipinski definition) is 1. The van der Waals surface area contributed by atoms with Crippen LogP contribution >= 0.6 is 0 Å². The summed E-state index contributed by atoms with van der Waals surface area (Å²) in [6, 6.07) is 8.04. The van der Waals surface area contributed by atoms with Crippen molar-refractivity contribution in [2.24, 2.45) is 5.92 Å². The van der Waals surface area contributed by atoms with E-state index in [1.807, 2.05) is 17.0 Å². The fourth-order valence-corrected chi connectivity index (χ4v) is 4.23. The molecule has 4 rings (SSSR count). The van der Waals surface area contributed by atoms with Gasteiger partial charge in [0.25, 0.3) is 0 Å².